The van der Waals surface area contributed by atoms with Gasteiger partial charge in [-0.25, -0.2) is 4.98 Å². The first-order chi connectivity index (χ1) is 13.5. The van der Waals surface area contributed by atoms with Crippen molar-refractivity contribution in [3.8, 4) is 0 Å². The van der Waals surface area contributed by atoms with Crippen LogP contribution in [0.15, 0.2) is 36.4 Å². The molecule has 2 saturated carbocycles. The third kappa shape index (κ3) is 2.78. The molecule has 2 fully saturated rings. The highest BCUT2D eigenvalue weighted by atomic mass is 16.1. The van der Waals surface area contributed by atoms with Crippen LogP contribution in [0, 0.1) is 28.6 Å². The highest BCUT2D eigenvalue weighted by molar-refractivity contribution is 5.88. The molecule has 1 aliphatic heterocycles. The van der Waals surface area contributed by atoms with Crippen LogP contribution in [0.3, 0.4) is 0 Å². The first kappa shape index (κ1) is 19.4. The van der Waals surface area contributed by atoms with Crippen molar-refractivity contribution >= 4 is 11.6 Å². The second-order valence-corrected chi connectivity index (χ2v) is 9.29. The lowest BCUT2D eigenvalue weighted by Crippen LogP contribution is -2.49. The Labute approximate surface area is 168 Å². The minimum absolute atomic E-state index is 0.118. The molecule has 1 amide bonds. The molecule has 152 valence electrons. The van der Waals surface area contributed by atoms with E-state index in [4.69, 9.17) is 0 Å². The predicted octanol–water partition coefficient (Wildman–Crippen LogP) is 3.60. The topological polar surface area (TPSA) is 72.9 Å². The molecule has 5 nitrogen and oxygen atoms in total. The first-order valence-corrected chi connectivity index (χ1v) is 10.8. The Kier molecular flexibility index (Phi) is 4.98. The summed E-state index contributed by atoms with van der Waals surface area (Å²) < 4.78 is 2.24. The van der Waals surface area contributed by atoms with Gasteiger partial charge in [-0.3, -0.25) is 4.79 Å². The number of nitrogens with one attached hydrogen (secondary N) is 1. The van der Waals surface area contributed by atoms with Gasteiger partial charge in [-0.05, 0) is 68.7 Å². The van der Waals surface area contributed by atoms with Crippen molar-refractivity contribution in [2.75, 3.05) is 13.6 Å². The first-order valence-electron chi connectivity index (χ1n) is 10.8. The highest BCUT2D eigenvalue weighted by Crippen LogP contribution is 2.65. The van der Waals surface area contributed by atoms with Crippen LogP contribution in [0.25, 0.3) is 5.70 Å². The second kappa shape index (κ2) is 7.18. The molecule has 3 N–H and O–H groups in total. The number of hydrogen-bond donors (Lipinski definition) is 2. The summed E-state index contributed by atoms with van der Waals surface area (Å²) in [6, 6.07) is 0. The van der Waals surface area contributed by atoms with Gasteiger partial charge in [0.2, 0.25) is 5.91 Å². The van der Waals surface area contributed by atoms with Crippen molar-refractivity contribution in [2.45, 2.75) is 52.4 Å². The van der Waals surface area contributed by atoms with E-state index in [0.717, 1.165) is 31.2 Å². The summed E-state index contributed by atoms with van der Waals surface area (Å²) in [6.07, 6.45) is 17.5. The van der Waals surface area contributed by atoms with E-state index in [2.05, 4.69) is 46.7 Å². The molecule has 2 heterocycles. The van der Waals surface area contributed by atoms with Crippen LogP contribution in [-0.2, 0) is 4.79 Å². The lowest BCUT2D eigenvalue weighted by molar-refractivity contribution is -0.116. The molecule has 28 heavy (non-hydrogen) atoms. The molecular formula is C23H34N4O. The van der Waals surface area contributed by atoms with Gasteiger partial charge >= 0.3 is 0 Å². The van der Waals surface area contributed by atoms with E-state index in [-0.39, 0.29) is 16.7 Å². The standard InChI is InChI=1S/C22H29N3O.CH5N/c1-21-9-10-24-20(26)13-15(21)3-4-16-17-5-6-19(25-12-11-23-14-25)22(17,2)8-7-18(16)21;1-2/h6,11-14,16-18H,3-5,7-10H2,1-2H3,(H,24,26);2H2,1H3. The van der Waals surface area contributed by atoms with Crippen molar-refractivity contribution in [1.82, 2.24) is 14.9 Å². The fraction of sp³-hybridized carbons (Fsp3) is 0.652. The predicted molar refractivity (Wildman–Crippen MR) is 112 cm³/mol. The van der Waals surface area contributed by atoms with E-state index < -0.39 is 0 Å². The van der Waals surface area contributed by atoms with Crippen LogP contribution >= 0.6 is 0 Å². The molecule has 3 aliphatic carbocycles. The summed E-state index contributed by atoms with van der Waals surface area (Å²) >= 11 is 0. The van der Waals surface area contributed by atoms with Crippen molar-refractivity contribution in [3.63, 3.8) is 0 Å². The average molecular weight is 383 g/mol. The number of hydrogen-bond acceptors (Lipinski definition) is 3. The van der Waals surface area contributed by atoms with Crippen molar-refractivity contribution in [2.24, 2.45) is 34.3 Å². The zero-order chi connectivity index (χ0) is 19.9. The number of amides is 1. The van der Waals surface area contributed by atoms with Crippen LogP contribution in [0.4, 0.5) is 0 Å². The number of aromatic nitrogens is 2. The summed E-state index contributed by atoms with van der Waals surface area (Å²) in [6.45, 7) is 5.75. The molecule has 5 atom stereocenters. The summed E-state index contributed by atoms with van der Waals surface area (Å²) in [5.74, 6) is 2.32. The lowest BCUT2D eigenvalue weighted by Gasteiger charge is -2.56. The Balaban J connectivity index is 0.000000932. The summed E-state index contributed by atoms with van der Waals surface area (Å²) in [7, 11) is 1.50. The lowest BCUT2D eigenvalue weighted by atomic mass is 9.48. The van der Waals surface area contributed by atoms with Gasteiger partial charge in [0, 0.05) is 36.1 Å². The smallest absolute Gasteiger partial charge is 0.243 e. The Morgan fingerprint density at radius 2 is 2.00 bits per heavy atom. The van der Waals surface area contributed by atoms with E-state index in [1.54, 1.807) is 0 Å². The largest absolute Gasteiger partial charge is 0.353 e. The highest BCUT2D eigenvalue weighted by Gasteiger charge is 2.57. The molecule has 1 aromatic rings. The van der Waals surface area contributed by atoms with E-state index in [1.165, 1.54) is 44.0 Å². The fourth-order valence-corrected chi connectivity index (χ4v) is 6.91. The number of carbonyl (C=O) groups is 1. The molecule has 5 heteroatoms. The number of fused-ring (bicyclic) bond motifs is 5. The molecule has 0 aromatic carbocycles. The van der Waals surface area contributed by atoms with Crippen LogP contribution in [0.1, 0.15) is 52.4 Å². The van der Waals surface area contributed by atoms with Gasteiger partial charge in [0.05, 0.1) is 6.33 Å². The summed E-state index contributed by atoms with van der Waals surface area (Å²) in [5, 5.41) is 3.07. The molecule has 0 saturated heterocycles. The van der Waals surface area contributed by atoms with Gasteiger partial charge in [0.15, 0.2) is 0 Å². The SMILES string of the molecule is CC12CCNC(=O)C=C1CCC1C2CCC2(C)C(n3ccnc3)=CCC12.CN. The number of allylic oxidation sites excluding steroid dienone is 3. The van der Waals surface area contributed by atoms with E-state index in [0.29, 0.717) is 5.92 Å². The summed E-state index contributed by atoms with van der Waals surface area (Å²) in [5.41, 5.74) is 7.83. The van der Waals surface area contributed by atoms with Gasteiger partial charge < -0.3 is 15.6 Å². The van der Waals surface area contributed by atoms with Gasteiger partial charge in [-0.2, -0.15) is 0 Å². The molecule has 0 spiro atoms. The van der Waals surface area contributed by atoms with Crippen LogP contribution < -0.4 is 11.1 Å². The molecular weight excluding hydrogens is 348 g/mol. The second-order valence-electron chi connectivity index (χ2n) is 9.29. The number of rotatable bonds is 1. The Morgan fingerprint density at radius 3 is 2.75 bits per heavy atom. The monoisotopic (exact) mass is 382 g/mol. The zero-order valence-electron chi connectivity index (χ0n) is 17.4. The quantitative estimate of drug-likeness (QED) is 0.779. The number of imidazole rings is 1. The molecule has 0 bridgehead atoms. The van der Waals surface area contributed by atoms with Crippen LogP contribution in [0.5, 0.6) is 0 Å². The van der Waals surface area contributed by atoms with Gasteiger partial charge in [0.25, 0.3) is 0 Å². The van der Waals surface area contributed by atoms with E-state index in [9.17, 15) is 4.79 Å². The Hall–Kier alpha value is -1.88. The van der Waals surface area contributed by atoms with Crippen LogP contribution in [-0.4, -0.2) is 29.1 Å². The Morgan fingerprint density at radius 1 is 1.18 bits per heavy atom. The number of carbonyl (C=O) groups excluding carboxylic acids is 1. The van der Waals surface area contributed by atoms with Gasteiger partial charge in [-0.15, -0.1) is 0 Å². The minimum Gasteiger partial charge on any atom is -0.353 e. The molecule has 0 radical (unpaired) electrons. The third-order valence-corrected chi connectivity index (χ3v) is 8.31. The van der Waals surface area contributed by atoms with Gasteiger partial charge in [0.1, 0.15) is 0 Å². The van der Waals surface area contributed by atoms with E-state index >= 15 is 0 Å². The minimum atomic E-state index is 0.118. The zero-order valence-corrected chi connectivity index (χ0v) is 17.4. The molecule has 4 aliphatic rings. The third-order valence-electron chi connectivity index (χ3n) is 8.31. The maximum absolute atomic E-state index is 12.0. The normalized spacial score (nSPS) is 39.1. The molecule has 5 rings (SSSR count). The fourth-order valence-electron chi connectivity index (χ4n) is 6.91. The van der Waals surface area contributed by atoms with Crippen molar-refractivity contribution < 1.29 is 4.79 Å². The Bertz CT molecular complexity index is 796. The number of nitrogens with two attached hydrogens (primary N) is 1. The maximum atomic E-state index is 12.0. The molecule has 1 aromatic heterocycles. The maximum Gasteiger partial charge on any atom is 0.243 e. The van der Waals surface area contributed by atoms with Crippen LogP contribution in [0.2, 0.25) is 0 Å². The summed E-state index contributed by atoms with van der Waals surface area (Å²) in [4.78, 5) is 16.3. The van der Waals surface area contributed by atoms with Crippen molar-refractivity contribution in [3.05, 3.63) is 36.4 Å². The number of nitrogens with zero attached hydrogens (tertiary/aromatic N) is 2. The molecule has 5 unspecified atom stereocenters. The van der Waals surface area contributed by atoms with Crippen molar-refractivity contribution in [1.29, 1.82) is 0 Å². The van der Waals surface area contributed by atoms with E-state index in [1.807, 2.05) is 18.6 Å². The average Bonchev–Trinajstić information content (AvgIpc) is 3.29. The van der Waals surface area contributed by atoms with Gasteiger partial charge in [-0.1, -0.05) is 25.5 Å².